The SMILES string of the molecule is CCC(CC)(C(=O)Cc1ccccc1C)c1ccccc1. The average Bonchev–Trinajstić information content (AvgIpc) is 2.52. The van der Waals surface area contributed by atoms with Crippen LogP contribution in [0.1, 0.15) is 43.4 Å². The van der Waals surface area contributed by atoms with E-state index >= 15 is 0 Å². The highest BCUT2D eigenvalue weighted by molar-refractivity contribution is 5.92. The summed E-state index contributed by atoms with van der Waals surface area (Å²) in [5.74, 6) is 0.327. The molecule has 0 aromatic heterocycles. The van der Waals surface area contributed by atoms with E-state index in [4.69, 9.17) is 0 Å². The van der Waals surface area contributed by atoms with E-state index in [2.05, 4.69) is 45.0 Å². The lowest BCUT2D eigenvalue weighted by atomic mass is 9.71. The van der Waals surface area contributed by atoms with Crippen molar-refractivity contribution < 1.29 is 4.79 Å². The molecular formula is C20H24O. The van der Waals surface area contributed by atoms with Crippen molar-refractivity contribution in [3.8, 4) is 0 Å². The molecule has 2 aromatic carbocycles. The first-order valence-corrected chi connectivity index (χ1v) is 7.77. The second-order valence-corrected chi connectivity index (χ2v) is 5.68. The van der Waals surface area contributed by atoms with Gasteiger partial charge in [0.05, 0.1) is 5.41 Å². The van der Waals surface area contributed by atoms with E-state index in [9.17, 15) is 4.79 Å². The van der Waals surface area contributed by atoms with Crippen LogP contribution >= 0.6 is 0 Å². The van der Waals surface area contributed by atoms with Gasteiger partial charge < -0.3 is 0 Å². The van der Waals surface area contributed by atoms with E-state index in [0.29, 0.717) is 12.2 Å². The Kier molecular flexibility index (Phi) is 4.95. The van der Waals surface area contributed by atoms with Crippen molar-refractivity contribution >= 4 is 5.78 Å². The van der Waals surface area contributed by atoms with Gasteiger partial charge in [-0.15, -0.1) is 0 Å². The summed E-state index contributed by atoms with van der Waals surface area (Å²) in [4.78, 5) is 13.0. The summed E-state index contributed by atoms with van der Waals surface area (Å²) in [5.41, 5.74) is 3.13. The van der Waals surface area contributed by atoms with E-state index in [1.54, 1.807) is 0 Å². The van der Waals surface area contributed by atoms with Gasteiger partial charge >= 0.3 is 0 Å². The average molecular weight is 280 g/mol. The van der Waals surface area contributed by atoms with Crippen LogP contribution in [0.2, 0.25) is 0 Å². The number of ketones is 1. The Labute approximate surface area is 128 Å². The molecule has 0 radical (unpaired) electrons. The molecule has 0 saturated heterocycles. The van der Waals surface area contributed by atoms with Crippen molar-refractivity contribution in [2.75, 3.05) is 0 Å². The monoisotopic (exact) mass is 280 g/mol. The molecule has 2 rings (SSSR count). The van der Waals surface area contributed by atoms with Crippen molar-refractivity contribution in [2.45, 2.75) is 45.4 Å². The predicted molar refractivity (Wildman–Crippen MR) is 88.6 cm³/mol. The van der Waals surface area contributed by atoms with E-state index in [-0.39, 0.29) is 5.41 Å². The Morgan fingerprint density at radius 3 is 2.05 bits per heavy atom. The Morgan fingerprint density at radius 2 is 1.48 bits per heavy atom. The van der Waals surface area contributed by atoms with Gasteiger partial charge in [-0.3, -0.25) is 4.79 Å². The number of rotatable bonds is 6. The quantitative estimate of drug-likeness (QED) is 0.738. The minimum atomic E-state index is -0.358. The molecule has 0 unspecified atom stereocenters. The van der Waals surface area contributed by atoms with E-state index in [0.717, 1.165) is 24.0 Å². The fraction of sp³-hybridized carbons (Fsp3) is 0.350. The van der Waals surface area contributed by atoms with Gasteiger partial charge in [-0.2, -0.15) is 0 Å². The topological polar surface area (TPSA) is 17.1 Å². The Morgan fingerprint density at radius 1 is 0.905 bits per heavy atom. The van der Waals surface area contributed by atoms with Gasteiger partial charge in [0.25, 0.3) is 0 Å². The number of benzene rings is 2. The second-order valence-electron chi connectivity index (χ2n) is 5.68. The van der Waals surface area contributed by atoms with Gasteiger partial charge in [0.2, 0.25) is 0 Å². The summed E-state index contributed by atoms with van der Waals surface area (Å²) < 4.78 is 0. The number of hydrogen-bond acceptors (Lipinski definition) is 1. The number of hydrogen-bond donors (Lipinski definition) is 0. The van der Waals surface area contributed by atoms with Crippen LogP contribution < -0.4 is 0 Å². The Balaban J connectivity index is 2.35. The maximum atomic E-state index is 13.0. The molecule has 110 valence electrons. The lowest BCUT2D eigenvalue weighted by Crippen LogP contribution is -2.36. The third-order valence-corrected chi connectivity index (χ3v) is 4.68. The lowest BCUT2D eigenvalue weighted by Gasteiger charge is -2.31. The van der Waals surface area contributed by atoms with Gasteiger partial charge in [0, 0.05) is 6.42 Å². The maximum Gasteiger partial charge on any atom is 0.147 e. The molecule has 0 amide bonds. The third-order valence-electron chi connectivity index (χ3n) is 4.68. The summed E-state index contributed by atoms with van der Waals surface area (Å²) in [7, 11) is 0. The van der Waals surface area contributed by atoms with Crippen molar-refractivity contribution in [2.24, 2.45) is 0 Å². The normalized spacial score (nSPS) is 11.4. The lowest BCUT2D eigenvalue weighted by molar-refractivity contribution is -0.124. The van der Waals surface area contributed by atoms with E-state index in [1.165, 1.54) is 5.56 Å². The van der Waals surface area contributed by atoms with Crippen molar-refractivity contribution in [1.82, 2.24) is 0 Å². The van der Waals surface area contributed by atoms with Crippen LogP contribution in [-0.4, -0.2) is 5.78 Å². The molecule has 0 aliphatic heterocycles. The van der Waals surface area contributed by atoms with Crippen LogP contribution in [0.4, 0.5) is 0 Å². The molecule has 1 nitrogen and oxygen atoms in total. The minimum absolute atomic E-state index is 0.327. The number of aryl methyl sites for hydroxylation is 1. The molecule has 21 heavy (non-hydrogen) atoms. The molecule has 0 aliphatic rings. The van der Waals surface area contributed by atoms with Crippen LogP contribution in [0, 0.1) is 6.92 Å². The molecule has 0 heterocycles. The van der Waals surface area contributed by atoms with Crippen LogP contribution in [0.25, 0.3) is 0 Å². The predicted octanol–water partition coefficient (Wildman–Crippen LogP) is 4.86. The molecule has 0 fully saturated rings. The maximum absolute atomic E-state index is 13.0. The first-order chi connectivity index (χ1) is 10.1. The highest BCUT2D eigenvalue weighted by atomic mass is 16.1. The summed E-state index contributed by atoms with van der Waals surface area (Å²) in [6.07, 6.45) is 2.21. The van der Waals surface area contributed by atoms with Gasteiger partial charge in [-0.25, -0.2) is 0 Å². The summed E-state index contributed by atoms with van der Waals surface area (Å²) in [6, 6.07) is 18.4. The molecule has 0 spiro atoms. The number of carbonyl (C=O) groups excluding carboxylic acids is 1. The van der Waals surface area contributed by atoms with E-state index in [1.807, 2.05) is 30.3 Å². The number of Topliss-reactive ketones (excluding diaryl/α,β-unsaturated/α-hetero) is 1. The molecule has 0 saturated carbocycles. The molecule has 0 aliphatic carbocycles. The zero-order chi connectivity index (χ0) is 15.3. The van der Waals surface area contributed by atoms with Crippen molar-refractivity contribution in [3.63, 3.8) is 0 Å². The van der Waals surface area contributed by atoms with Gasteiger partial charge in [0.15, 0.2) is 0 Å². The van der Waals surface area contributed by atoms with Crippen LogP contribution in [0.15, 0.2) is 54.6 Å². The zero-order valence-corrected chi connectivity index (χ0v) is 13.2. The Hall–Kier alpha value is -1.89. The van der Waals surface area contributed by atoms with E-state index < -0.39 is 0 Å². The van der Waals surface area contributed by atoms with Gasteiger partial charge in [-0.05, 0) is 36.5 Å². The minimum Gasteiger partial charge on any atom is -0.298 e. The Bertz CT molecular complexity index is 594. The molecular weight excluding hydrogens is 256 g/mol. The summed E-state index contributed by atoms with van der Waals surface area (Å²) in [5, 5.41) is 0. The second kappa shape index (κ2) is 6.71. The molecule has 0 bridgehead atoms. The first-order valence-electron chi connectivity index (χ1n) is 7.77. The largest absolute Gasteiger partial charge is 0.298 e. The molecule has 0 atom stereocenters. The van der Waals surface area contributed by atoms with Crippen LogP contribution in [0.3, 0.4) is 0 Å². The smallest absolute Gasteiger partial charge is 0.147 e. The van der Waals surface area contributed by atoms with Gasteiger partial charge in [-0.1, -0.05) is 68.4 Å². The molecule has 1 heteroatoms. The van der Waals surface area contributed by atoms with Crippen LogP contribution in [-0.2, 0) is 16.6 Å². The standard InChI is InChI=1S/C20H24O/c1-4-20(5-2,18-13-7-6-8-14-18)19(21)15-17-12-10-9-11-16(17)3/h6-14H,4-5,15H2,1-3H3. The fourth-order valence-electron chi connectivity index (χ4n) is 3.12. The fourth-order valence-corrected chi connectivity index (χ4v) is 3.12. The van der Waals surface area contributed by atoms with Crippen LogP contribution in [0.5, 0.6) is 0 Å². The van der Waals surface area contributed by atoms with Crippen molar-refractivity contribution in [3.05, 3.63) is 71.3 Å². The first kappa shape index (κ1) is 15.5. The summed E-state index contributed by atoms with van der Waals surface area (Å²) in [6.45, 7) is 6.31. The molecule has 0 N–H and O–H groups in total. The third kappa shape index (κ3) is 3.07. The zero-order valence-electron chi connectivity index (χ0n) is 13.2. The van der Waals surface area contributed by atoms with Crippen molar-refractivity contribution in [1.29, 1.82) is 0 Å². The highest BCUT2D eigenvalue weighted by Crippen LogP contribution is 2.34. The molecule has 2 aromatic rings. The number of carbonyl (C=O) groups is 1. The van der Waals surface area contributed by atoms with Gasteiger partial charge in [0.1, 0.15) is 5.78 Å². The highest BCUT2D eigenvalue weighted by Gasteiger charge is 2.36. The summed E-state index contributed by atoms with van der Waals surface area (Å²) >= 11 is 0.